The van der Waals surface area contributed by atoms with Gasteiger partial charge in [-0.25, -0.2) is 4.79 Å². The van der Waals surface area contributed by atoms with E-state index in [9.17, 15) is 9.59 Å². The van der Waals surface area contributed by atoms with Gasteiger partial charge in [-0.3, -0.25) is 19.1 Å². The van der Waals surface area contributed by atoms with Gasteiger partial charge in [0.15, 0.2) is 5.82 Å². The molecule has 0 spiro atoms. The fourth-order valence-electron chi connectivity index (χ4n) is 3.14. The van der Waals surface area contributed by atoms with Gasteiger partial charge in [0.05, 0.1) is 18.0 Å². The first-order valence-corrected chi connectivity index (χ1v) is 9.05. The quantitative estimate of drug-likeness (QED) is 0.560. The van der Waals surface area contributed by atoms with Crippen molar-refractivity contribution in [2.24, 2.45) is 0 Å². The largest absolute Gasteiger partial charge is 0.486 e. The second-order valence-electron chi connectivity index (χ2n) is 6.25. The van der Waals surface area contributed by atoms with Crippen LogP contribution < -0.4 is 15.6 Å². The number of aryl methyl sites for hydroxylation is 1. The molecular formula is C20H19N5O4. The molecule has 148 valence electrons. The molecule has 0 aliphatic heterocycles. The van der Waals surface area contributed by atoms with Gasteiger partial charge in [-0.2, -0.15) is 0 Å². The lowest BCUT2D eigenvalue weighted by molar-refractivity contribution is 0.187. The average Bonchev–Trinajstić information content (AvgIpc) is 3.17. The molecule has 1 amide bonds. The van der Waals surface area contributed by atoms with Gasteiger partial charge in [0.25, 0.3) is 5.56 Å². The summed E-state index contributed by atoms with van der Waals surface area (Å²) in [6.45, 7) is 2.54. The molecule has 2 heterocycles. The molecule has 1 N–H and O–H groups in total. The van der Waals surface area contributed by atoms with Gasteiger partial charge in [0.2, 0.25) is 5.78 Å². The number of anilines is 1. The number of rotatable bonds is 5. The third kappa shape index (κ3) is 3.38. The lowest BCUT2D eigenvalue weighted by Crippen LogP contribution is -2.22. The Morgan fingerprint density at radius 3 is 2.59 bits per heavy atom. The van der Waals surface area contributed by atoms with Gasteiger partial charge < -0.3 is 9.47 Å². The second-order valence-corrected chi connectivity index (χ2v) is 6.25. The summed E-state index contributed by atoms with van der Waals surface area (Å²) in [5.41, 5.74) is 1.23. The van der Waals surface area contributed by atoms with Crippen LogP contribution in [0.3, 0.4) is 0 Å². The Morgan fingerprint density at radius 1 is 1.10 bits per heavy atom. The monoisotopic (exact) mass is 393 g/mol. The number of aromatic nitrogens is 4. The minimum absolute atomic E-state index is 0.0934. The molecular weight excluding hydrogens is 374 g/mol. The molecule has 4 rings (SSSR count). The van der Waals surface area contributed by atoms with E-state index < -0.39 is 6.09 Å². The van der Waals surface area contributed by atoms with Crippen molar-refractivity contribution in [2.45, 2.75) is 20.1 Å². The number of para-hydroxylation sites is 1. The first-order chi connectivity index (χ1) is 14.1. The highest BCUT2D eigenvalue weighted by molar-refractivity contribution is 5.84. The van der Waals surface area contributed by atoms with Crippen molar-refractivity contribution >= 4 is 28.5 Å². The Labute approximate surface area is 165 Å². The van der Waals surface area contributed by atoms with Gasteiger partial charge in [-0.05, 0) is 43.3 Å². The van der Waals surface area contributed by atoms with E-state index in [-0.39, 0.29) is 12.2 Å². The molecule has 29 heavy (non-hydrogen) atoms. The Hall–Kier alpha value is -3.88. The van der Waals surface area contributed by atoms with Crippen molar-refractivity contribution in [3.8, 4) is 5.75 Å². The summed E-state index contributed by atoms with van der Waals surface area (Å²) in [4.78, 5) is 24.0. The maximum atomic E-state index is 12.7. The van der Waals surface area contributed by atoms with E-state index in [4.69, 9.17) is 4.74 Å². The molecule has 9 nitrogen and oxygen atoms in total. The molecule has 2 aromatic carbocycles. The average molecular weight is 393 g/mol. The summed E-state index contributed by atoms with van der Waals surface area (Å²) in [5.74, 6) is 1.66. The summed E-state index contributed by atoms with van der Waals surface area (Å²) in [5, 5.41) is 11.6. The maximum Gasteiger partial charge on any atom is 0.411 e. The van der Waals surface area contributed by atoms with Gasteiger partial charge >= 0.3 is 6.09 Å². The predicted octanol–water partition coefficient (Wildman–Crippen LogP) is 2.82. The van der Waals surface area contributed by atoms with Crippen molar-refractivity contribution in [2.75, 3.05) is 12.4 Å². The molecule has 0 fully saturated rings. The topological polar surface area (TPSA) is 99.8 Å². The molecule has 2 aromatic heterocycles. The molecule has 0 radical (unpaired) electrons. The van der Waals surface area contributed by atoms with Crippen LogP contribution in [0.25, 0.3) is 16.7 Å². The third-order valence-corrected chi connectivity index (χ3v) is 4.55. The number of nitrogens with zero attached hydrogens (tertiary/aromatic N) is 4. The molecule has 0 bridgehead atoms. The number of methoxy groups -OCH3 is 1. The van der Waals surface area contributed by atoms with E-state index in [2.05, 4.69) is 20.3 Å². The number of carbonyl (C=O) groups excluding carboxylic acids is 1. The number of benzene rings is 2. The van der Waals surface area contributed by atoms with E-state index in [1.54, 1.807) is 34.9 Å². The number of hydrogen-bond donors (Lipinski definition) is 1. The van der Waals surface area contributed by atoms with Crippen LogP contribution in [0.15, 0.2) is 53.3 Å². The smallest absolute Gasteiger partial charge is 0.411 e. The minimum Gasteiger partial charge on any atom is -0.486 e. The predicted molar refractivity (Wildman–Crippen MR) is 107 cm³/mol. The van der Waals surface area contributed by atoms with Crippen LogP contribution in [0.4, 0.5) is 10.5 Å². The first kappa shape index (κ1) is 18.5. The normalized spacial score (nSPS) is 11.0. The highest BCUT2D eigenvalue weighted by Crippen LogP contribution is 2.19. The number of amides is 1. The van der Waals surface area contributed by atoms with Gasteiger partial charge in [-0.1, -0.05) is 12.1 Å². The van der Waals surface area contributed by atoms with Crippen LogP contribution in [0.5, 0.6) is 5.75 Å². The molecule has 0 saturated heterocycles. The Kier molecular flexibility index (Phi) is 4.86. The number of hydrogen-bond acceptors (Lipinski definition) is 6. The second kappa shape index (κ2) is 7.63. The van der Waals surface area contributed by atoms with E-state index in [0.717, 1.165) is 5.52 Å². The molecule has 9 heteroatoms. The number of ether oxygens (including phenoxy) is 2. The number of nitrogens with one attached hydrogen (secondary N) is 1. The van der Waals surface area contributed by atoms with Crippen LogP contribution in [0.1, 0.15) is 12.7 Å². The highest BCUT2D eigenvalue weighted by Gasteiger charge is 2.15. The Morgan fingerprint density at radius 2 is 1.86 bits per heavy atom. The standard InChI is InChI=1S/C20H19N5O4/c1-3-24-18(26)15-6-4-5-7-16(15)25-17(22-23-19(24)25)12-29-14-10-8-13(9-11-14)21-20(27)28-2/h4-11H,3,12H2,1-2H3,(H,21,27). The fraction of sp³-hybridized carbons (Fsp3) is 0.200. The van der Waals surface area contributed by atoms with E-state index in [1.807, 2.05) is 29.5 Å². The zero-order valence-corrected chi connectivity index (χ0v) is 16.0. The fourth-order valence-corrected chi connectivity index (χ4v) is 3.14. The van der Waals surface area contributed by atoms with Crippen molar-refractivity contribution < 1.29 is 14.3 Å². The zero-order chi connectivity index (χ0) is 20.4. The summed E-state index contributed by atoms with van der Waals surface area (Å²) < 4.78 is 13.8. The maximum absolute atomic E-state index is 12.7. The number of carbonyl (C=O) groups is 1. The van der Waals surface area contributed by atoms with Crippen LogP contribution in [-0.2, 0) is 17.9 Å². The first-order valence-electron chi connectivity index (χ1n) is 9.05. The lowest BCUT2D eigenvalue weighted by atomic mass is 10.2. The summed E-state index contributed by atoms with van der Waals surface area (Å²) in [6.07, 6.45) is -0.539. The zero-order valence-electron chi connectivity index (χ0n) is 16.0. The molecule has 0 unspecified atom stereocenters. The minimum atomic E-state index is -0.539. The third-order valence-electron chi connectivity index (χ3n) is 4.55. The highest BCUT2D eigenvalue weighted by atomic mass is 16.5. The van der Waals surface area contributed by atoms with Crippen molar-refractivity contribution in [3.05, 3.63) is 64.7 Å². The molecule has 0 aliphatic carbocycles. The molecule has 0 aliphatic rings. The van der Waals surface area contributed by atoms with Crippen LogP contribution in [-0.4, -0.2) is 32.4 Å². The van der Waals surface area contributed by atoms with E-state index in [1.165, 1.54) is 7.11 Å². The van der Waals surface area contributed by atoms with Gasteiger partial charge in [-0.15, -0.1) is 10.2 Å². The summed E-state index contributed by atoms with van der Waals surface area (Å²) in [7, 11) is 1.30. The Balaban J connectivity index is 1.65. The molecule has 4 aromatic rings. The van der Waals surface area contributed by atoms with Crippen LogP contribution in [0.2, 0.25) is 0 Å². The van der Waals surface area contributed by atoms with Crippen molar-refractivity contribution in [1.82, 2.24) is 19.2 Å². The van der Waals surface area contributed by atoms with Crippen molar-refractivity contribution in [3.63, 3.8) is 0 Å². The van der Waals surface area contributed by atoms with Gasteiger partial charge in [0.1, 0.15) is 12.4 Å². The summed E-state index contributed by atoms with van der Waals surface area (Å²) in [6, 6.07) is 14.2. The van der Waals surface area contributed by atoms with Crippen molar-refractivity contribution in [1.29, 1.82) is 0 Å². The molecule has 0 saturated carbocycles. The van der Waals surface area contributed by atoms with E-state index in [0.29, 0.717) is 35.0 Å². The number of fused-ring (bicyclic) bond motifs is 3. The summed E-state index contributed by atoms with van der Waals surface area (Å²) >= 11 is 0. The van der Waals surface area contributed by atoms with Crippen LogP contribution in [0, 0.1) is 0 Å². The van der Waals surface area contributed by atoms with Gasteiger partial charge in [0, 0.05) is 12.2 Å². The molecule has 0 atom stereocenters. The van der Waals surface area contributed by atoms with E-state index >= 15 is 0 Å². The van der Waals surface area contributed by atoms with Crippen LogP contribution >= 0.6 is 0 Å². The Bertz CT molecular complexity index is 1240. The SMILES string of the molecule is CCn1c(=O)c2ccccc2n2c(COc3ccc(NC(=O)OC)cc3)nnc12. The lowest BCUT2D eigenvalue weighted by Gasteiger charge is -2.10.